The summed E-state index contributed by atoms with van der Waals surface area (Å²) in [5, 5.41) is 0.744. The second-order valence-corrected chi connectivity index (χ2v) is 6.99. The highest BCUT2D eigenvalue weighted by molar-refractivity contribution is 9.11. The Labute approximate surface area is 143 Å². The number of imidazole rings is 1. The van der Waals surface area contributed by atoms with Crippen molar-refractivity contribution in [2.75, 3.05) is 0 Å². The third-order valence-electron chi connectivity index (χ3n) is 3.40. The van der Waals surface area contributed by atoms with Gasteiger partial charge in [-0.05, 0) is 35.7 Å². The second-order valence-electron chi connectivity index (χ2n) is 4.84. The van der Waals surface area contributed by atoms with E-state index in [4.69, 9.17) is 11.6 Å². The SMILES string of the molecule is Cc1cccc(C(Br)c2cc3[nH]c(=O)[nH]c3cc2Br)c1Cl. The molecule has 2 N–H and O–H groups in total. The van der Waals surface area contributed by atoms with E-state index in [0.717, 1.165) is 37.2 Å². The lowest BCUT2D eigenvalue weighted by Gasteiger charge is -2.15. The smallest absolute Gasteiger partial charge is 0.306 e. The van der Waals surface area contributed by atoms with E-state index in [2.05, 4.69) is 41.8 Å². The molecule has 0 fully saturated rings. The third-order valence-corrected chi connectivity index (χ3v) is 5.59. The summed E-state index contributed by atoms with van der Waals surface area (Å²) in [5.74, 6) is 0. The number of fused-ring (bicyclic) bond motifs is 1. The Kier molecular flexibility index (Phi) is 3.99. The maximum Gasteiger partial charge on any atom is 0.323 e. The summed E-state index contributed by atoms with van der Waals surface area (Å²) in [6, 6.07) is 9.78. The van der Waals surface area contributed by atoms with E-state index in [9.17, 15) is 4.79 Å². The molecule has 0 aliphatic carbocycles. The number of rotatable bonds is 2. The Balaban J connectivity index is 2.16. The van der Waals surface area contributed by atoms with Crippen LogP contribution in [0.15, 0.2) is 39.6 Å². The maximum absolute atomic E-state index is 11.4. The van der Waals surface area contributed by atoms with Gasteiger partial charge in [-0.15, -0.1) is 0 Å². The minimum atomic E-state index is -0.214. The molecule has 3 nitrogen and oxygen atoms in total. The average molecular weight is 431 g/mol. The van der Waals surface area contributed by atoms with E-state index in [-0.39, 0.29) is 10.5 Å². The summed E-state index contributed by atoms with van der Waals surface area (Å²) in [6.45, 7) is 1.98. The predicted molar refractivity (Wildman–Crippen MR) is 93.6 cm³/mol. The first kappa shape index (κ1) is 14.9. The van der Waals surface area contributed by atoms with Gasteiger partial charge in [0.2, 0.25) is 0 Å². The van der Waals surface area contributed by atoms with Crippen molar-refractivity contribution >= 4 is 54.5 Å². The predicted octanol–water partition coefficient (Wildman–Crippen LogP) is 5.06. The van der Waals surface area contributed by atoms with E-state index in [1.54, 1.807) is 0 Å². The van der Waals surface area contributed by atoms with Gasteiger partial charge < -0.3 is 9.97 Å². The second kappa shape index (κ2) is 5.63. The van der Waals surface area contributed by atoms with Gasteiger partial charge >= 0.3 is 5.69 Å². The van der Waals surface area contributed by atoms with Crippen molar-refractivity contribution in [2.24, 2.45) is 0 Å². The average Bonchev–Trinajstić information content (AvgIpc) is 2.79. The van der Waals surface area contributed by atoms with Crippen LogP contribution in [0.1, 0.15) is 21.5 Å². The number of aromatic amines is 2. The first-order chi connectivity index (χ1) is 9.97. The van der Waals surface area contributed by atoms with Gasteiger partial charge in [0.25, 0.3) is 0 Å². The highest BCUT2D eigenvalue weighted by atomic mass is 79.9. The first-order valence-corrected chi connectivity index (χ1v) is 8.36. The lowest BCUT2D eigenvalue weighted by molar-refractivity contribution is 1.16. The zero-order chi connectivity index (χ0) is 15.1. The molecule has 0 saturated heterocycles. The topological polar surface area (TPSA) is 48.6 Å². The van der Waals surface area contributed by atoms with Crippen molar-refractivity contribution in [3.63, 3.8) is 0 Å². The minimum absolute atomic E-state index is 0.0675. The Hall–Kier alpha value is -1.04. The van der Waals surface area contributed by atoms with Crippen molar-refractivity contribution in [1.82, 2.24) is 9.97 Å². The lowest BCUT2D eigenvalue weighted by Crippen LogP contribution is -1.99. The number of hydrogen-bond acceptors (Lipinski definition) is 1. The minimum Gasteiger partial charge on any atom is -0.306 e. The molecule has 1 heterocycles. The van der Waals surface area contributed by atoms with Crippen LogP contribution in [-0.2, 0) is 0 Å². The van der Waals surface area contributed by atoms with Gasteiger partial charge in [-0.1, -0.05) is 61.7 Å². The van der Waals surface area contributed by atoms with Crippen molar-refractivity contribution in [3.8, 4) is 0 Å². The first-order valence-electron chi connectivity index (χ1n) is 6.28. The van der Waals surface area contributed by atoms with Gasteiger partial charge in [0.1, 0.15) is 0 Å². The number of aryl methyl sites for hydroxylation is 1. The third kappa shape index (κ3) is 2.70. The van der Waals surface area contributed by atoms with Gasteiger partial charge in [-0.25, -0.2) is 4.79 Å². The van der Waals surface area contributed by atoms with E-state index in [1.807, 2.05) is 37.3 Å². The summed E-state index contributed by atoms with van der Waals surface area (Å²) >= 11 is 13.7. The normalized spacial score (nSPS) is 12.8. The van der Waals surface area contributed by atoms with Crippen molar-refractivity contribution in [3.05, 3.63) is 67.0 Å². The van der Waals surface area contributed by atoms with Crippen LogP contribution >= 0.6 is 43.5 Å². The number of halogens is 3. The van der Waals surface area contributed by atoms with Gasteiger partial charge in [0.05, 0.1) is 15.9 Å². The monoisotopic (exact) mass is 428 g/mol. The number of nitrogens with one attached hydrogen (secondary N) is 2. The molecule has 0 spiro atoms. The summed E-state index contributed by atoms with van der Waals surface area (Å²) in [7, 11) is 0. The highest BCUT2D eigenvalue weighted by Gasteiger charge is 2.18. The molecule has 1 unspecified atom stereocenters. The van der Waals surface area contributed by atoms with Gasteiger partial charge in [-0.2, -0.15) is 0 Å². The van der Waals surface area contributed by atoms with E-state index in [0.29, 0.717) is 0 Å². The molecular formula is C15H11Br2ClN2O. The molecule has 0 radical (unpaired) electrons. The highest BCUT2D eigenvalue weighted by Crippen LogP contribution is 2.40. The van der Waals surface area contributed by atoms with Crippen molar-refractivity contribution in [1.29, 1.82) is 0 Å². The Morgan fingerprint density at radius 3 is 2.52 bits per heavy atom. The quantitative estimate of drug-likeness (QED) is 0.548. The van der Waals surface area contributed by atoms with Gasteiger partial charge in [0.15, 0.2) is 0 Å². The molecule has 21 heavy (non-hydrogen) atoms. The number of aromatic nitrogens is 2. The fourth-order valence-electron chi connectivity index (χ4n) is 2.30. The van der Waals surface area contributed by atoms with Crippen LogP contribution in [0.4, 0.5) is 0 Å². The summed E-state index contributed by atoms with van der Waals surface area (Å²) in [4.78, 5) is 16.8. The molecule has 1 aromatic heterocycles. The summed E-state index contributed by atoms with van der Waals surface area (Å²) in [5.41, 5.74) is 4.36. The van der Waals surface area contributed by atoms with Crippen molar-refractivity contribution in [2.45, 2.75) is 11.8 Å². The summed E-state index contributed by atoms with van der Waals surface area (Å²) in [6.07, 6.45) is 0. The molecule has 1 atom stereocenters. The Morgan fingerprint density at radius 2 is 1.81 bits per heavy atom. The fourth-order valence-corrected chi connectivity index (χ4v) is 4.31. The standard InChI is InChI=1S/C15H11Br2ClN2O/c1-7-3-2-4-8(14(7)18)13(17)9-5-11-12(6-10(9)16)20-15(21)19-11/h2-6,13H,1H3,(H2,19,20,21). The molecule has 0 amide bonds. The van der Waals surface area contributed by atoms with Crippen LogP contribution in [-0.4, -0.2) is 9.97 Å². The molecule has 0 aliphatic rings. The van der Waals surface area contributed by atoms with Crippen LogP contribution in [0.5, 0.6) is 0 Å². The zero-order valence-electron chi connectivity index (χ0n) is 11.0. The van der Waals surface area contributed by atoms with Crippen LogP contribution in [0, 0.1) is 6.92 Å². The van der Waals surface area contributed by atoms with Crippen LogP contribution < -0.4 is 5.69 Å². The molecule has 2 aromatic carbocycles. The molecule has 6 heteroatoms. The molecule has 0 bridgehead atoms. The van der Waals surface area contributed by atoms with Crippen LogP contribution in [0.25, 0.3) is 11.0 Å². The Bertz CT molecular complexity index is 885. The largest absolute Gasteiger partial charge is 0.323 e. The van der Waals surface area contributed by atoms with E-state index < -0.39 is 0 Å². The lowest BCUT2D eigenvalue weighted by atomic mass is 10.0. The molecule has 0 aliphatic heterocycles. The molecule has 3 aromatic rings. The van der Waals surface area contributed by atoms with Gasteiger partial charge in [0, 0.05) is 9.50 Å². The van der Waals surface area contributed by atoms with E-state index >= 15 is 0 Å². The molecule has 108 valence electrons. The van der Waals surface area contributed by atoms with Crippen LogP contribution in [0.3, 0.4) is 0 Å². The van der Waals surface area contributed by atoms with E-state index in [1.165, 1.54) is 0 Å². The number of alkyl halides is 1. The number of H-pyrrole nitrogens is 2. The Morgan fingerprint density at radius 1 is 1.14 bits per heavy atom. The van der Waals surface area contributed by atoms with Crippen molar-refractivity contribution < 1.29 is 0 Å². The fraction of sp³-hybridized carbons (Fsp3) is 0.133. The molecule has 0 saturated carbocycles. The number of benzene rings is 2. The summed E-state index contributed by atoms with van der Waals surface area (Å²) < 4.78 is 0.907. The van der Waals surface area contributed by atoms with Gasteiger partial charge in [-0.3, -0.25) is 0 Å². The maximum atomic E-state index is 11.4. The molecular weight excluding hydrogens is 419 g/mol. The van der Waals surface area contributed by atoms with Crippen LogP contribution in [0.2, 0.25) is 5.02 Å². The zero-order valence-corrected chi connectivity index (χ0v) is 14.9. The number of hydrogen-bond donors (Lipinski definition) is 2. The molecule has 3 rings (SSSR count).